The Morgan fingerprint density at radius 2 is 0.756 bits per heavy atom. The van der Waals surface area contributed by atoms with Crippen molar-refractivity contribution in [1.29, 1.82) is 0 Å². The maximum absolute atomic E-state index is 11.2. The minimum Gasteiger partial charge on any atom is -0.512 e. The summed E-state index contributed by atoms with van der Waals surface area (Å²) < 4.78 is 0. The van der Waals surface area contributed by atoms with E-state index in [4.69, 9.17) is 10.2 Å². The third-order valence-corrected chi connectivity index (χ3v) is 13.2. The second-order valence-electron chi connectivity index (χ2n) is 23.8. The Bertz CT molecular complexity index is 3660. The zero-order valence-corrected chi connectivity index (χ0v) is 62.8. The molecule has 0 unspecified atom stereocenters. The summed E-state index contributed by atoms with van der Waals surface area (Å²) >= 11 is 0. The number of benzene rings is 6. The predicted octanol–water partition coefficient (Wildman–Crippen LogP) is 20.4. The fourth-order valence-electron chi connectivity index (χ4n) is 9.64. The van der Waals surface area contributed by atoms with E-state index >= 15 is 0 Å². The molecule has 3 heterocycles. The first kappa shape index (κ1) is 81.1. The number of allylic oxidation sites excluding steroid dienone is 6. The molecule has 9 aromatic rings. The molecule has 0 atom stereocenters. The number of ketones is 3. The van der Waals surface area contributed by atoms with E-state index in [9.17, 15) is 19.5 Å². The first-order chi connectivity index (χ1) is 41.0. The Morgan fingerprint density at radius 3 is 1.06 bits per heavy atom. The number of nitrogens with zero attached hydrogens (tertiary/aromatic N) is 3. The van der Waals surface area contributed by atoms with Crippen LogP contribution in [0.1, 0.15) is 152 Å². The SMILES string of the molecule is CC(=O)C=C(C)O.CC(=O)C=C(C)O.CC(C)CC(=O)C=C(O)CC(C)C.Cc1[c-]c(-c2nccc3ccc(C(C)C)cc23)cc(C)c1.Cc1[c-]c(-c2nccc3ccc(C(C)C)cc23)cc(C)c1.Cc1[c-]c(-c2nccc3ccccc23)cc(C)c1.[Ir].[Ir].[Ir]. The fraction of sp³-hybridized carbons (Fsp3) is 0.308. The number of rotatable bonds is 12. The molecule has 3 radical (unpaired) electrons. The minimum absolute atomic E-state index is 0. The van der Waals surface area contributed by atoms with Crippen molar-refractivity contribution in [2.75, 3.05) is 0 Å². The Morgan fingerprint density at radius 1 is 0.422 bits per heavy atom. The molecule has 9 rings (SSSR count). The van der Waals surface area contributed by atoms with E-state index in [0.717, 1.165) is 50.5 Å². The van der Waals surface area contributed by atoms with E-state index in [1.165, 1.54) is 106 Å². The average Bonchev–Trinajstić information content (AvgIpc) is 1.35. The first-order valence-electron chi connectivity index (χ1n) is 29.8. The number of fused-ring (bicyclic) bond motifs is 3. The zero-order valence-electron chi connectivity index (χ0n) is 55.6. The molecule has 0 bridgehead atoms. The molecule has 0 fully saturated rings. The van der Waals surface area contributed by atoms with Crippen molar-refractivity contribution < 1.29 is 90.0 Å². The third kappa shape index (κ3) is 28.1. The molecule has 483 valence electrons. The van der Waals surface area contributed by atoms with Gasteiger partial charge < -0.3 is 30.3 Å². The first-order valence-corrected chi connectivity index (χ1v) is 29.8. The van der Waals surface area contributed by atoms with E-state index in [1.807, 2.05) is 52.4 Å². The van der Waals surface area contributed by atoms with Gasteiger partial charge in [0.2, 0.25) is 0 Å². The quantitative estimate of drug-likeness (QED) is 0.0617. The van der Waals surface area contributed by atoms with Crippen molar-refractivity contribution >= 4 is 49.7 Å². The van der Waals surface area contributed by atoms with Crippen LogP contribution in [0.4, 0.5) is 0 Å². The summed E-state index contributed by atoms with van der Waals surface area (Å²) in [7, 11) is 0. The number of hydrogen-bond acceptors (Lipinski definition) is 9. The number of aliphatic hydroxyl groups excluding tert-OH is 3. The molecule has 3 aromatic heterocycles. The van der Waals surface area contributed by atoms with Gasteiger partial charge in [0.25, 0.3) is 0 Å². The number of pyridine rings is 3. The van der Waals surface area contributed by atoms with Gasteiger partial charge in [0, 0.05) is 110 Å². The number of aryl methyl sites for hydroxylation is 6. The van der Waals surface area contributed by atoms with E-state index in [2.05, 4.69) is 212 Å². The summed E-state index contributed by atoms with van der Waals surface area (Å²) in [6.45, 7) is 35.2. The van der Waals surface area contributed by atoms with Gasteiger partial charge in [-0.3, -0.25) is 14.4 Å². The van der Waals surface area contributed by atoms with E-state index < -0.39 is 0 Å². The molecule has 12 heteroatoms. The second-order valence-corrected chi connectivity index (χ2v) is 23.8. The summed E-state index contributed by atoms with van der Waals surface area (Å²) in [6, 6.07) is 51.1. The van der Waals surface area contributed by atoms with Crippen LogP contribution in [-0.4, -0.2) is 47.6 Å². The molecule has 0 saturated carbocycles. The number of carbonyl (C=O) groups excluding carboxylic acids is 3. The maximum Gasteiger partial charge on any atom is 0.159 e. The second kappa shape index (κ2) is 40.1. The summed E-state index contributed by atoms with van der Waals surface area (Å²) in [5.74, 6) is 1.89. The molecular weight excluding hydrogens is 1650 g/mol. The van der Waals surface area contributed by atoms with Crippen LogP contribution < -0.4 is 0 Å². The normalized spacial score (nSPS) is 11.0. The number of hydrogen-bond donors (Lipinski definition) is 3. The summed E-state index contributed by atoms with van der Waals surface area (Å²) in [6.07, 6.45) is 10.4. The number of aliphatic hydroxyl groups is 3. The number of carbonyl (C=O) groups is 3. The topological polar surface area (TPSA) is 151 Å². The van der Waals surface area contributed by atoms with E-state index in [0.29, 0.717) is 36.5 Å². The van der Waals surface area contributed by atoms with E-state index in [-0.39, 0.29) is 94.9 Å². The molecule has 90 heavy (non-hydrogen) atoms. The van der Waals surface area contributed by atoms with Gasteiger partial charge in [0.1, 0.15) is 0 Å². The van der Waals surface area contributed by atoms with Gasteiger partial charge in [0.05, 0.1) is 17.3 Å². The Labute approximate surface area is 577 Å². The van der Waals surface area contributed by atoms with Crippen LogP contribution in [0.25, 0.3) is 66.1 Å². The molecular formula is C78H90Ir3N3O6-3. The van der Waals surface area contributed by atoms with Gasteiger partial charge >= 0.3 is 0 Å². The van der Waals surface area contributed by atoms with Gasteiger partial charge in [-0.1, -0.05) is 158 Å². The van der Waals surface area contributed by atoms with Crippen molar-refractivity contribution in [1.82, 2.24) is 15.0 Å². The Hall–Kier alpha value is -6.87. The average molecular weight is 1740 g/mol. The molecule has 0 aliphatic carbocycles. The van der Waals surface area contributed by atoms with Gasteiger partial charge in [-0.2, -0.15) is 0 Å². The smallest absolute Gasteiger partial charge is 0.159 e. The van der Waals surface area contributed by atoms with Crippen LogP contribution in [0.3, 0.4) is 0 Å². The summed E-state index contributed by atoms with van der Waals surface area (Å²) in [4.78, 5) is 45.0. The van der Waals surface area contributed by atoms with Crippen molar-refractivity contribution in [3.05, 3.63) is 232 Å². The summed E-state index contributed by atoms with van der Waals surface area (Å²) in [5.41, 5.74) is 16.2. The van der Waals surface area contributed by atoms with Crippen LogP contribution in [0.2, 0.25) is 0 Å². The van der Waals surface area contributed by atoms with Crippen LogP contribution >= 0.6 is 0 Å². The molecule has 6 aromatic carbocycles. The van der Waals surface area contributed by atoms with Gasteiger partial charge in [-0.05, 0) is 130 Å². The van der Waals surface area contributed by atoms with Gasteiger partial charge in [-0.15, -0.1) is 105 Å². The van der Waals surface area contributed by atoms with E-state index in [1.54, 1.807) is 0 Å². The van der Waals surface area contributed by atoms with Gasteiger partial charge in [0.15, 0.2) is 17.3 Å². The molecule has 0 spiro atoms. The Kier molecular flexibility index (Phi) is 36.1. The minimum atomic E-state index is -0.125. The molecule has 9 nitrogen and oxygen atoms in total. The third-order valence-electron chi connectivity index (χ3n) is 13.2. The molecule has 3 N–H and O–H groups in total. The molecule has 0 aliphatic heterocycles. The molecule has 0 amide bonds. The van der Waals surface area contributed by atoms with Crippen LogP contribution in [-0.2, 0) is 74.7 Å². The van der Waals surface area contributed by atoms with Crippen molar-refractivity contribution in [2.24, 2.45) is 11.8 Å². The summed E-state index contributed by atoms with van der Waals surface area (Å²) in [5, 5.41) is 33.4. The van der Waals surface area contributed by atoms with Crippen LogP contribution in [0.15, 0.2) is 169 Å². The molecule has 0 aliphatic rings. The van der Waals surface area contributed by atoms with Gasteiger partial charge in [-0.25, -0.2) is 0 Å². The molecule has 0 saturated heterocycles. The maximum atomic E-state index is 11.2. The fourth-order valence-corrected chi connectivity index (χ4v) is 9.64. The number of aromatic nitrogens is 3. The van der Waals surface area contributed by atoms with Crippen molar-refractivity contribution in [3.8, 4) is 33.8 Å². The predicted molar refractivity (Wildman–Crippen MR) is 363 cm³/mol. The van der Waals surface area contributed by atoms with Crippen molar-refractivity contribution in [3.63, 3.8) is 0 Å². The zero-order chi connectivity index (χ0) is 64.7. The van der Waals surface area contributed by atoms with Crippen LogP contribution in [0, 0.1) is 71.6 Å². The Balaban J connectivity index is 0.000000560. The monoisotopic (exact) mass is 1740 g/mol. The van der Waals surface area contributed by atoms with Crippen LogP contribution in [0.5, 0.6) is 0 Å². The standard InChI is InChI=1S/2C20H20N.C17H14N.C11H20O2.2C5H8O2.3Ir/c2*1-13(2)17-6-5-16-7-8-21-20(19(16)12-17)18-10-14(3)9-15(4)11-18;1-12-9-13(2)11-15(10-12)17-16-6-4-3-5-14(16)7-8-18-17;1-8(2)5-10(12)7-11(13)6-9(3)4;2*1-4(6)3-5(2)7;;;/h2*5-10,12-13H,1-4H3;3-10H,1-2H3;7-9,12H,5-6H2,1-4H3;2*3,6H,1-2H3;;;/q3*-1;;;;;;. The van der Waals surface area contributed by atoms with Crippen molar-refractivity contribution in [2.45, 2.75) is 149 Å². The largest absolute Gasteiger partial charge is 0.512 e.